The molecule has 0 aliphatic carbocycles. The molecule has 0 aromatic carbocycles. The summed E-state index contributed by atoms with van der Waals surface area (Å²) in [5.41, 5.74) is 0. The summed E-state index contributed by atoms with van der Waals surface area (Å²) in [5, 5.41) is 17.1. The molecule has 0 amide bonds. The Balaban J connectivity index is 2.81. The molecule has 1 aliphatic rings. The van der Waals surface area contributed by atoms with Crippen molar-refractivity contribution < 1.29 is 29.5 Å². The number of carboxylic acid groups (broad SMARTS) is 1. The summed E-state index contributed by atoms with van der Waals surface area (Å²) in [6.45, 7) is -0.251. The van der Waals surface area contributed by atoms with E-state index < -0.39 is 30.4 Å². The van der Waals surface area contributed by atoms with Gasteiger partial charge in [0.2, 0.25) is 0 Å². The van der Waals surface area contributed by atoms with E-state index in [-0.39, 0.29) is 6.61 Å². The van der Waals surface area contributed by atoms with Gasteiger partial charge in [0.15, 0.2) is 12.2 Å². The van der Waals surface area contributed by atoms with Crippen molar-refractivity contribution in [1.82, 2.24) is 0 Å². The molecule has 0 spiro atoms. The maximum absolute atomic E-state index is 10.8. The van der Waals surface area contributed by atoms with Crippen LogP contribution in [0.3, 0.4) is 0 Å². The molecule has 0 aromatic heterocycles. The Hall–Kier alpha value is -1.57. The smallest absolute Gasteiger partial charge is 0.336 e. The van der Waals surface area contributed by atoms with E-state index in [4.69, 9.17) is 32.7 Å². The molecular weight excluding hydrogens is 216 g/mol. The van der Waals surface area contributed by atoms with Crippen LogP contribution in [0.25, 0.3) is 0 Å². The molecule has 0 radical (unpaired) electrons. The van der Waals surface area contributed by atoms with Gasteiger partial charge >= 0.3 is 5.97 Å². The molecule has 0 aromatic rings. The van der Waals surface area contributed by atoms with Crippen LogP contribution < -0.4 is 0 Å². The van der Waals surface area contributed by atoms with Crippen LogP contribution >= 0.6 is 0 Å². The molecule has 6 heteroatoms. The summed E-state index contributed by atoms with van der Waals surface area (Å²) in [5.74, 6) is 3.07. The van der Waals surface area contributed by atoms with E-state index in [1.54, 1.807) is 0 Å². The van der Waals surface area contributed by atoms with Crippen LogP contribution in [0.2, 0.25) is 0 Å². The van der Waals surface area contributed by atoms with Gasteiger partial charge in [-0.15, -0.1) is 12.8 Å². The largest absolute Gasteiger partial charge is 0.479 e. The van der Waals surface area contributed by atoms with Gasteiger partial charge in [-0.25, -0.2) is 9.68 Å². The van der Waals surface area contributed by atoms with Crippen molar-refractivity contribution in [1.29, 1.82) is 0 Å². The van der Waals surface area contributed by atoms with Gasteiger partial charge < -0.3 is 14.6 Å². The van der Waals surface area contributed by atoms with Crippen LogP contribution in [0.4, 0.5) is 0 Å². The molecule has 2 N–H and O–H groups in total. The van der Waals surface area contributed by atoms with Crippen LogP contribution in [0, 0.1) is 24.7 Å². The molecule has 0 bridgehead atoms. The van der Waals surface area contributed by atoms with Crippen LogP contribution in [0.1, 0.15) is 0 Å². The molecule has 6 nitrogen and oxygen atoms in total. The highest BCUT2D eigenvalue weighted by Crippen LogP contribution is 2.20. The van der Waals surface area contributed by atoms with Crippen molar-refractivity contribution in [2.24, 2.45) is 0 Å². The third-order valence-electron chi connectivity index (χ3n) is 2.04. The van der Waals surface area contributed by atoms with Crippen molar-refractivity contribution in [2.75, 3.05) is 6.61 Å². The third-order valence-corrected chi connectivity index (χ3v) is 2.04. The van der Waals surface area contributed by atoms with Gasteiger partial charge in [0.25, 0.3) is 0 Å². The predicted molar refractivity (Wildman–Crippen MR) is 51.2 cm³/mol. The Morgan fingerprint density at radius 3 is 2.38 bits per heavy atom. The maximum atomic E-state index is 10.8. The number of hydrogen-bond donors (Lipinski definition) is 2. The standard InChI is InChI=1S/C10H10O6/c1-3-6-8(5-14-13)15-7(4-2)9(16-6)10(11)12/h1-2,6-9,13H,5H2,(H,11,12). The lowest BCUT2D eigenvalue weighted by Crippen LogP contribution is -2.52. The summed E-state index contributed by atoms with van der Waals surface area (Å²) in [4.78, 5) is 14.7. The molecular formula is C10H10O6. The van der Waals surface area contributed by atoms with Gasteiger partial charge in [0.1, 0.15) is 18.8 Å². The molecule has 0 saturated carbocycles. The highest BCUT2D eigenvalue weighted by atomic mass is 17.1. The zero-order chi connectivity index (χ0) is 12.1. The SMILES string of the molecule is C#CC1OC(C(=O)O)C(C#C)OC1COO. The van der Waals surface area contributed by atoms with Crippen molar-refractivity contribution in [2.45, 2.75) is 24.4 Å². The quantitative estimate of drug-likeness (QED) is 0.378. The van der Waals surface area contributed by atoms with E-state index >= 15 is 0 Å². The first-order chi connectivity index (χ1) is 7.63. The highest BCUT2D eigenvalue weighted by Gasteiger charge is 2.41. The Kier molecular flexibility index (Phi) is 4.29. The van der Waals surface area contributed by atoms with Crippen LogP contribution in [0.15, 0.2) is 0 Å². The molecule has 1 rings (SSSR count). The molecule has 4 unspecified atom stereocenters. The second-order valence-electron chi connectivity index (χ2n) is 3.04. The first-order valence-electron chi connectivity index (χ1n) is 4.36. The van der Waals surface area contributed by atoms with Crippen molar-refractivity contribution >= 4 is 5.97 Å². The van der Waals surface area contributed by atoms with E-state index in [9.17, 15) is 4.79 Å². The van der Waals surface area contributed by atoms with Gasteiger partial charge in [0.05, 0.1) is 0 Å². The van der Waals surface area contributed by atoms with E-state index in [1.807, 2.05) is 0 Å². The minimum absolute atomic E-state index is 0.251. The van der Waals surface area contributed by atoms with E-state index in [2.05, 4.69) is 16.7 Å². The molecule has 86 valence electrons. The third kappa shape index (κ3) is 2.51. The summed E-state index contributed by atoms with van der Waals surface area (Å²) < 4.78 is 10.3. The molecule has 16 heavy (non-hydrogen) atoms. The fourth-order valence-electron chi connectivity index (χ4n) is 1.31. The summed E-state index contributed by atoms with van der Waals surface area (Å²) in [6, 6.07) is 0. The van der Waals surface area contributed by atoms with Crippen LogP contribution in [-0.4, -0.2) is 47.4 Å². The van der Waals surface area contributed by atoms with Gasteiger partial charge in [0, 0.05) is 0 Å². The van der Waals surface area contributed by atoms with Crippen molar-refractivity contribution in [3.63, 3.8) is 0 Å². The normalized spacial score (nSPS) is 33.7. The monoisotopic (exact) mass is 226 g/mol. The van der Waals surface area contributed by atoms with E-state index in [0.717, 1.165) is 0 Å². The fraction of sp³-hybridized carbons (Fsp3) is 0.500. The average Bonchev–Trinajstić information content (AvgIpc) is 2.28. The molecule has 1 aliphatic heterocycles. The van der Waals surface area contributed by atoms with E-state index in [1.165, 1.54) is 0 Å². The topological polar surface area (TPSA) is 85.2 Å². The second kappa shape index (κ2) is 5.50. The van der Waals surface area contributed by atoms with Crippen molar-refractivity contribution in [3.8, 4) is 24.7 Å². The van der Waals surface area contributed by atoms with Crippen LogP contribution in [-0.2, 0) is 19.2 Å². The van der Waals surface area contributed by atoms with Gasteiger partial charge in [-0.2, -0.15) is 0 Å². The highest BCUT2D eigenvalue weighted by molar-refractivity contribution is 5.74. The van der Waals surface area contributed by atoms with E-state index in [0.29, 0.717) is 0 Å². The molecule has 1 heterocycles. The maximum Gasteiger partial charge on any atom is 0.336 e. The lowest BCUT2D eigenvalue weighted by Gasteiger charge is -2.35. The Morgan fingerprint density at radius 2 is 1.94 bits per heavy atom. The Labute approximate surface area is 92.0 Å². The summed E-state index contributed by atoms with van der Waals surface area (Å²) >= 11 is 0. The zero-order valence-corrected chi connectivity index (χ0v) is 8.20. The lowest BCUT2D eigenvalue weighted by atomic mass is 10.1. The molecule has 4 atom stereocenters. The number of carbonyl (C=O) groups is 1. The summed E-state index contributed by atoms with van der Waals surface area (Å²) in [6.07, 6.45) is 6.12. The Morgan fingerprint density at radius 1 is 1.31 bits per heavy atom. The number of ether oxygens (including phenoxy) is 2. The minimum atomic E-state index is -1.32. The molecule has 1 saturated heterocycles. The fourth-order valence-corrected chi connectivity index (χ4v) is 1.31. The van der Waals surface area contributed by atoms with Crippen LogP contribution in [0.5, 0.6) is 0 Å². The van der Waals surface area contributed by atoms with Gasteiger partial charge in [-0.05, 0) is 0 Å². The van der Waals surface area contributed by atoms with Gasteiger partial charge in [-0.1, -0.05) is 11.8 Å². The number of rotatable bonds is 3. The second-order valence-corrected chi connectivity index (χ2v) is 3.04. The zero-order valence-electron chi connectivity index (χ0n) is 8.20. The average molecular weight is 226 g/mol. The van der Waals surface area contributed by atoms with Crippen molar-refractivity contribution in [3.05, 3.63) is 0 Å². The minimum Gasteiger partial charge on any atom is -0.479 e. The first kappa shape index (κ1) is 12.5. The number of terminal acetylenes is 2. The lowest BCUT2D eigenvalue weighted by molar-refractivity contribution is -0.285. The first-order valence-corrected chi connectivity index (χ1v) is 4.36. The predicted octanol–water partition coefficient (Wildman–Crippen LogP) is -0.652. The number of aliphatic carboxylic acids is 1. The van der Waals surface area contributed by atoms with Gasteiger partial charge in [-0.3, -0.25) is 5.26 Å². The Bertz CT molecular complexity index is 338. The number of hydrogen-bond acceptors (Lipinski definition) is 5. The summed E-state index contributed by atoms with van der Waals surface area (Å²) in [7, 11) is 0. The molecule has 1 fully saturated rings. The number of carboxylic acids is 1.